The number of ether oxygens (including phenoxy) is 1. The summed E-state index contributed by atoms with van der Waals surface area (Å²) in [5.74, 6) is 0.564. The van der Waals surface area contributed by atoms with Crippen LogP contribution in [0.2, 0.25) is 0 Å². The summed E-state index contributed by atoms with van der Waals surface area (Å²) < 4.78 is 6.47. The molecule has 0 N–H and O–H groups in total. The van der Waals surface area contributed by atoms with E-state index in [0.717, 1.165) is 51.4 Å². The van der Waals surface area contributed by atoms with E-state index in [1.165, 1.54) is 4.90 Å². The highest BCUT2D eigenvalue weighted by Gasteiger charge is 2.39. The fourth-order valence-corrected chi connectivity index (χ4v) is 5.53. The Labute approximate surface area is 179 Å². The number of hydrogen-bond donors (Lipinski definition) is 0. The first-order valence-electron chi connectivity index (χ1n) is 11.4. The van der Waals surface area contributed by atoms with Crippen molar-refractivity contribution in [1.82, 2.24) is 4.90 Å². The Hall–Kier alpha value is -2.19. The Balaban J connectivity index is 1.37. The minimum absolute atomic E-state index is 0.0828. The molecule has 4 unspecified atom stereocenters. The quantitative estimate of drug-likeness (QED) is 0.521. The lowest BCUT2D eigenvalue weighted by Gasteiger charge is -2.36. The number of nitriles is 1. The van der Waals surface area contributed by atoms with Crippen LogP contribution in [0, 0.1) is 28.6 Å². The zero-order chi connectivity index (χ0) is 21.3. The minimum atomic E-state index is -0.268. The van der Waals surface area contributed by atoms with E-state index in [1.807, 2.05) is 0 Å². The highest BCUT2D eigenvalue weighted by atomic mass is 16.5. The number of carbonyl (C=O) groups excluding carboxylic acids is 2. The van der Waals surface area contributed by atoms with Gasteiger partial charge in [0.1, 0.15) is 0 Å². The third kappa shape index (κ3) is 4.03. The summed E-state index contributed by atoms with van der Waals surface area (Å²) in [6.45, 7) is 4.47. The first kappa shape index (κ1) is 21.1. The molecule has 1 aliphatic carbocycles. The molecule has 3 aliphatic rings. The number of hydrogen-bond acceptors (Lipinski definition) is 4. The number of nitrogens with zero attached hydrogens (tertiary/aromatic N) is 2. The van der Waals surface area contributed by atoms with Crippen molar-refractivity contribution in [3.8, 4) is 6.07 Å². The summed E-state index contributed by atoms with van der Waals surface area (Å²) in [5, 5.41) is 9.50. The molecule has 1 saturated heterocycles. The number of rotatable bonds is 4. The lowest BCUT2D eigenvalue weighted by Crippen LogP contribution is -2.42. The Morgan fingerprint density at radius 1 is 1.00 bits per heavy atom. The van der Waals surface area contributed by atoms with Crippen molar-refractivity contribution in [2.24, 2.45) is 17.3 Å². The predicted molar refractivity (Wildman–Crippen MR) is 114 cm³/mol. The lowest BCUT2D eigenvalue weighted by molar-refractivity contribution is -0.0851. The number of imide groups is 1. The average Bonchev–Trinajstić information content (AvgIpc) is 2.94. The molecule has 1 saturated carbocycles. The highest BCUT2D eigenvalue weighted by Crippen LogP contribution is 2.41. The van der Waals surface area contributed by atoms with Gasteiger partial charge in [0, 0.05) is 0 Å². The molecule has 0 radical (unpaired) electrons. The Morgan fingerprint density at radius 2 is 1.67 bits per heavy atom. The van der Waals surface area contributed by atoms with Gasteiger partial charge in [0.15, 0.2) is 0 Å². The maximum absolute atomic E-state index is 12.7. The van der Waals surface area contributed by atoms with Crippen LogP contribution in [-0.2, 0) is 4.74 Å². The summed E-state index contributed by atoms with van der Waals surface area (Å²) in [5.41, 5.74) is 0.741. The van der Waals surface area contributed by atoms with Crippen LogP contribution >= 0.6 is 0 Å². The molecule has 2 aliphatic heterocycles. The summed E-state index contributed by atoms with van der Waals surface area (Å²) in [6.07, 6.45) is 8.70. The number of benzene rings is 1. The molecule has 0 spiro atoms. The van der Waals surface area contributed by atoms with Crippen LogP contribution < -0.4 is 0 Å². The van der Waals surface area contributed by atoms with E-state index in [0.29, 0.717) is 29.5 Å². The van der Waals surface area contributed by atoms with Crippen LogP contribution in [0.3, 0.4) is 0 Å². The van der Waals surface area contributed by atoms with Crippen LogP contribution in [0.5, 0.6) is 0 Å². The smallest absolute Gasteiger partial charge is 0.261 e. The van der Waals surface area contributed by atoms with Gasteiger partial charge in [0.25, 0.3) is 11.8 Å². The van der Waals surface area contributed by atoms with Gasteiger partial charge in [-0.25, -0.2) is 0 Å². The molecule has 0 aromatic heterocycles. The van der Waals surface area contributed by atoms with E-state index in [4.69, 9.17) is 4.74 Å². The summed E-state index contributed by atoms with van der Waals surface area (Å²) in [4.78, 5) is 26.8. The molecule has 2 amide bonds. The molecule has 2 fully saturated rings. The van der Waals surface area contributed by atoms with Crippen LogP contribution in [0.15, 0.2) is 24.3 Å². The third-order valence-electron chi connectivity index (χ3n) is 7.49. The number of amides is 2. The van der Waals surface area contributed by atoms with E-state index in [9.17, 15) is 14.9 Å². The molecule has 5 heteroatoms. The Morgan fingerprint density at radius 3 is 2.33 bits per heavy atom. The van der Waals surface area contributed by atoms with Crippen molar-refractivity contribution >= 4 is 11.8 Å². The van der Waals surface area contributed by atoms with Gasteiger partial charge in [-0.05, 0) is 82.8 Å². The van der Waals surface area contributed by atoms with Crippen molar-refractivity contribution in [1.29, 1.82) is 5.26 Å². The first-order valence-corrected chi connectivity index (χ1v) is 11.4. The first-order chi connectivity index (χ1) is 14.4. The number of fused-ring (bicyclic) bond motifs is 1. The minimum Gasteiger partial charge on any atom is -0.373 e. The third-order valence-corrected chi connectivity index (χ3v) is 7.49. The van der Waals surface area contributed by atoms with Gasteiger partial charge in [-0.3, -0.25) is 14.5 Å². The van der Waals surface area contributed by atoms with Crippen molar-refractivity contribution in [2.75, 3.05) is 6.54 Å². The standard InChI is InChI=1S/C25H32N2O3/c1-25(2,16-26)18-8-5-7-17(13-14-18)22-12-6-9-19(30-22)15-27-23(28)20-10-3-4-11-21(20)24(27)29/h3-4,10-11,17-19,22H,5-9,12-15H2,1-2H3. The maximum Gasteiger partial charge on any atom is 0.261 e. The fourth-order valence-electron chi connectivity index (χ4n) is 5.53. The number of carbonyl (C=O) groups is 2. The van der Waals surface area contributed by atoms with E-state index in [1.54, 1.807) is 24.3 Å². The van der Waals surface area contributed by atoms with E-state index >= 15 is 0 Å². The molecule has 30 heavy (non-hydrogen) atoms. The van der Waals surface area contributed by atoms with Gasteiger partial charge < -0.3 is 4.74 Å². The topological polar surface area (TPSA) is 70.4 Å². The monoisotopic (exact) mass is 408 g/mol. The maximum atomic E-state index is 12.7. The van der Waals surface area contributed by atoms with Gasteiger partial charge in [-0.15, -0.1) is 0 Å². The normalized spacial score (nSPS) is 30.0. The molecule has 5 nitrogen and oxygen atoms in total. The van der Waals surface area contributed by atoms with Crippen molar-refractivity contribution in [3.05, 3.63) is 35.4 Å². The molecule has 1 aromatic carbocycles. The van der Waals surface area contributed by atoms with Gasteiger partial charge in [-0.2, -0.15) is 5.26 Å². The molecule has 1 aromatic rings. The summed E-state index contributed by atoms with van der Waals surface area (Å²) in [6, 6.07) is 9.55. The van der Waals surface area contributed by atoms with E-state index in [-0.39, 0.29) is 29.4 Å². The SMILES string of the molecule is CC(C)(C#N)C1CCCC(C2CCCC(CN3C(=O)c4ccccc4C3=O)O2)CC1. The van der Waals surface area contributed by atoms with Crippen LogP contribution in [0.25, 0.3) is 0 Å². The van der Waals surface area contributed by atoms with Gasteiger partial charge in [0.2, 0.25) is 0 Å². The largest absolute Gasteiger partial charge is 0.373 e. The molecule has 4 rings (SSSR count). The molecule has 0 bridgehead atoms. The second kappa shape index (κ2) is 8.51. The average molecular weight is 409 g/mol. The van der Waals surface area contributed by atoms with Crippen molar-refractivity contribution < 1.29 is 14.3 Å². The van der Waals surface area contributed by atoms with Crippen LogP contribution in [0.4, 0.5) is 0 Å². The van der Waals surface area contributed by atoms with Gasteiger partial charge in [-0.1, -0.05) is 18.6 Å². The van der Waals surface area contributed by atoms with Crippen molar-refractivity contribution in [2.45, 2.75) is 77.4 Å². The molecule has 2 heterocycles. The zero-order valence-electron chi connectivity index (χ0n) is 18.1. The Kier molecular flexibility index (Phi) is 5.97. The predicted octanol–water partition coefficient (Wildman–Crippen LogP) is 4.97. The summed E-state index contributed by atoms with van der Waals surface area (Å²) in [7, 11) is 0. The van der Waals surface area contributed by atoms with E-state index in [2.05, 4.69) is 19.9 Å². The van der Waals surface area contributed by atoms with Crippen LogP contribution in [-0.4, -0.2) is 35.5 Å². The lowest BCUT2D eigenvalue weighted by atomic mass is 9.75. The van der Waals surface area contributed by atoms with Gasteiger partial charge in [0.05, 0.1) is 41.4 Å². The van der Waals surface area contributed by atoms with Crippen LogP contribution in [0.1, 0.15) is 85.9 Å². The molecule has 160 valence electrons. The fraction of sp³-hybridized carbons (Fsp3) is 0.640. The Bertz CT molecular complexity index is 821. The molecule has 4 atom stereocenters. The van der Waals surface area contributed by atoms with E-state index < -0.39 is 0 Å². The second-order valence-corrected chi connectivity index (χ2v) is 9.79. The zero-order valence-corrected chi connectivity index (χ0v) is 18.1. The highest BCUT2D eigenvalue weighted by molar-refractivity contribution is 6.21. The summed E-state index contributed by atoms with van der Waals surface area (Å²) >= 11 is 0. The second-order valence-electron chi connectivity index (χ2n) is 9.79. The van der Waals surface area contributed by atoms with Gasteiger partial charge >= 0.3 is 0 Å². The molecular weight excluding hydrogens is 376 g/mol. The van der Waals surface area contributed by atoms with Crippen molar-refractivity contribution in [3.63, 3.8) is 0 Å². The molecular formula is C25H32N2O3.